The van der Waals surface area contributed by atoms with Crippen molar-refractivity contribution in [1.82, 2.24) is 15.1 Å². The molecule has 5 heteroatoms. The number of nitrogens with two attached hydrogens (primary N) is 1. The van der Waals surface area contributed by atoms with Crippen LogP contribution in [0.2, 0.25) is 0 Å². The van der Waals surface area contributed by atoms with E-state index in [0.29, 0.717) is 24.0 Å². The fraction of sp³-hybridized carbons (Fsp3) is 0.938. The Labute approximate surface area is 128 Å². The van der Waals surface area contributed by atoms with E-state index in [0.717, 1.165) is 32.4 Å². The molecule has 0 spiro atoms. The van der Waals surface area contributed by atoms with Gasteiger partial charge < -0.3 is 16.0 Å². The summed E-state index contributed by atoms with van der Waals surface area (Å²) in [6.07, 6.45) is 5.29. The van der Waals surface area contributed by atoms with Crippen molar-refractivity contribution in [2.75, 3.05) is 27.2 Å². The zero-order valence-corrected chi connectivity index (χ0v) is 13.6. The summed E-state index contributed by atoms with van der Waals surface area (Å²) >= 11 is 0. The van der Waals surface area contributed by atoms with E-state index in [2.05, 4.69) is 36.1 Å². The molecule has 120 valence electrons. The second-order valence-electron chi connectivity index (χ2n) is 7.72. The summed E-state index contributed by atoms with van der Waals surface area (Å²) in [5.74, 6) is 0.549. The molecular formula is C16H30N4O. The number of likely N-dealkylation sites (tertiary alicyclic amines) is 1. The fourth-order valence-corrected chi connectivity index (χ4v) is 4.33. The fourth-order valence-electron chi connectivity index (χ4n) is 4.33. The molecule has 3 rings (SSSR count). The summed E-state index contributed by atoms with van der Waals surface area (Å²) in [6.45, 7) is 4.60. The van der Waals surface area contributed by atoms with E-state index in [9.17, 15) is 4.79 Å². The largest absolute Gasteiger partial charge is 0.368 e. The van der Waals surface area contributed by atoms with Gasteiger partial charge in [0.15, 0.2) is 0 Å². The average molecular weight is 294 g/mol. The molecule has 0 radical (unpaired) electrons. The number of nitrogens with one attached hydrogen (secondary N) is 1. The third kappa shape index (κ3) is 2.96. The topological polar surface area (TPSA) is 61.6 Å². The smallest absolute Gasteiger partial charge is 0.237 e. The highest BCUT2D eigenvalue weighted by atomic mass is 16.1. The Bertz CT molecular complexity index is 409. The Morgan fingerprint density at radius 2 is 2.00 bits per heavy atom. The van der Waals surface area contributed by atoms with E-state index in [1.54, 1.807) is 0 Å². The van der Waals surface area contributed by atoms with Crippen molar-refractivity contribution in [3.8, 4) is 0 Å². The SMILES string of the molecule is CC1CN(C2CCC(NC3CC3)(C(N)=O)C2)CC1N(C)C. The summed E-state index contributed by atoms with van der Waals surface area (Å²) in [5.41, 5.74) is 5.31. The van der Waals surface area contributed by atoms with Gasteiger partial charge in [-0.3, -0.25) is 9.69 Å². The highest BCUT2D eigenvalue weighted by molar-refractivity contribution is 5.85. The number of likely N-dealkylation sites (N-methyl/N-ethyl adjacent to an activating group) is 1. The molecule has 5 nitrogen and oxygen atoms in total. The molecule has 4 unspecified atom stereocenters. The van der Waals surface area contributed by atoms with E-state index in [-0.39, 0.29) is 5.91 Å². The quantitative estimate of drug-likeness (QED) is 0.770. The van der Waals surface area contributed by atoms with Crippen LogP contribution >= 0.6 is 0 Å². The minimum atomic E-state index is -0.439. The van der Waals surface area contributed by atoms with Gasteiger partial charge in [-0.1, -0.05) is 6.92 Å². The molecule has 21 heavy (non-hydrogen) atoms. The standard InChI is InChI=1S/C16H30N4O/c1-11-9-20(10-14(11)19(2)3)13-6-7-16(8-13,15(17)21)18-12-4-5-12/h11-14,18H,4-10H2,1-3H3,(H2,17,21). The van der Waals surface area contributed by atoms with Crippen LogP contribution in [0.4, 0.5) is 0 Å². The number of amides is 1. The Hall–Kier alpha value is -0.650. The van der Waals surface area contributed by atoms with Crippen molar-refractivity contribution in [2.45, 2.75) is 62.7 Å². The lowest BCUT2D eigenvalue weighted by Crippen LogP contribution is -2.55. The van der Waals surface area contributed by atoms with Crippen molar-refractivity contribution in [3.05, 3.63) is 0 Å². The predicted molar refractivity (Wildman–Crippen MR) is 83.9 cm³/mol. The minimum absolute atomic E-state index is 0.145. The van der Waals surface area contributed by atoms with E-state index >= 15 is 0 Å². The number of hydrogen-bond donors (Lipinski definition) is 2. The molecule has 1 saturated heterocycles. The van der Waals surface area contributed by atoms with Gasteiger partial charge in [0, 0.05) is 31.2 Å². The summed E-state index contributed by atoms with van der Waals surface area (Å²) < 4.78 is 0. The summed E-state index contributed by atoms with van der Waals surface area (Å²) in [6, 6.07) is 1.67. The molecule has 0 bridgehead atoms. The molecule has 4 atom stereocenters. The first kappa shape index (κ1) is 15.3. The summed E-state index contributed by atoms with van der Waals surface area (Å²) in [7, 11) is 4.34. The Balaban J connectivity index is 1.64. The molecule has 2 saturated carbocycles. The molecule has 3 aliphatic rings. The second-order valence-corrected chi connectivity index (χ2v) is 7.72. The molecule has 1 aliphatic heterocycles. The number of carbonyl (C=O) groups excluding carboxylic acids is 1. The number of carbonyl (C=O) groups is 1. The molecule has 0 aromatic heterocycles. The van der Waals surface area contributed by atoms with E-state index < -0.39 is 5.54 Å². The minimum Gasteiger partial charge on any atom is -0.368 e. The van der Waals surface area contributed by atoms with Crippen LogP contribution in [0.5, 0.6) is 0 Å². The zero-order chi connectivity index (χ0) is 15.2. The third-order valence-electron chi connectivity index (χ3n) is 5.80. The molecule has 1 heterocycles. The Kier molecular flexibility index (Phi) is 4.01. The number of hydrogen-bond acceptors (Lipinski definition) is 4. The van der Waals surface area contributed by atoms with Crippen LogP contribution < -0.4 is 11.1 Å². The number of primary amides is 1. The first-order valence-corrected chi connectivity index (χ1v) is 8.39. The van der Waals surface area contributed by atoms with Crippen molar-refractivity contribution in [3.63, 3.8) is 0 Å². The molecule has 3 N–H and O–H groups in total. The van der Waals surface area contributed by atoms with Gasteiger partial charge in [-0.2, -0.15) is 0 Å². The normalized spacial score (nSPS) is 41.0. The molecule has 0 aromatic carbocycles. The Morgan fingerprint density at radius 1 is 1.29 bits per heavy atom. The van der Waals surface area contributed by atoms with Gasteiger partial charge >= 0.3 is 0 Å². The monoisotopic (exact) mass is 294 g/mol. The number of rotatable bonds is 5. The highest BCUT2D eigenvalue weighted by Crippen LogP contribution is 2.38. The van der Waals surface area contributed by atoms with Crippen LogP contribution in [0.1, 0.15) is 39.0 Å². The zero-order valence-electron chi connectivity index (χ0n) is 13.6. The van der Waals surface area contributed by atoms with Gasteiger partial charge in [0.05, 0.1) is 5.54 Å². The van der Waals surface area contributed by atoms with Crippen LogP contribution in [-0.2, 0) is 4.79 Å². The van der Waals surface area contributed by atoms with Crippen LogP contribution in [-0.4, -0.2) is 66.6 Å². The van der Waals surface area contributed by atoms with Crippen molar-refractivity contribution >= 4 is 5.91 Å². The summed E-state index contributed by atoms with van der Waals surface area (Å²) in [4.78, 5) is 16.9. The maximum Gasteiger partial charge on any atom is 0.237 e. The molecule has 1 amide bonds. The summed E-state index contributed by atoms with van der Waals surface area (Å²) in [5, 5.41) is 3.55. The third-order valence-corrected chi connectivity index (χ3v) is 5.80. The van der Waals surface area contributed by atoms with Crippen LogP contribution in [0.25, 0.3) is 0 Å². The van der Waals surface area contributed by atoms with Gasteiger partial charge in [-0.05, 0) is 52.1 Å². The second kappa shape index (κ2) is 5.52. The van der Waals surface area contributed by atoms with E-state index in [4.69, 9.17) is 5.73 Å². The van der Waals surface area contributed by atoms with Crippen molar-refractivity contribution in [1.29, 1.82) is 0 Å². The van der Waals surface area contributed by atoms with Crippen molar-refractivity contribution < 1.29 is 4.79 Å². The first-order valence-electron chi connectivity index (χ1n) is 8.39. The molecule has 2 aliphatic carbocycles. The average Bonchev–Trinajstić information content (AvgIpc) is 2.96. The van der Waals surface area contributed by atoms with E-state index in [1.165, 1.54) is 12.8 Å². The lowest BCUT2D eigenvalue weighted by Gasteiger charge is -2.30. The van der Waals surface area contributed by atoms with Gasteiger partial charge in [0.1, 0.15) is 0 Å². The van der Waals surface area contributed by atoms with Gasteiger partial charge in [0.25, 0.3) is 0 Å². The maximum absolute atomic E-state index is 12.0. The lowest BCUT2D eigenvalue weighted by atomic mass is 9.96. The van der Waals surface area contributed by atoms with Crippen LogP contribution in [0.15, 0.2) is 0 Å². The van der Waals surface area contributed by atoms with Gasteiger partial charge in [0.2, 0.25) is 5.91 Å². The van der Waals surface area contributed by atoms with Crippen molar-refractivity contribution in [2.24, 2.45) is 11.7 Å². The molecule has 3 fully saturated rings. The Morgan fingerprint density at radius 3 is 2.52 bits per heavy atom. The molecule has 0 aromatic rings. The van der Waals surface area contributed by atoms with Gasteiger partial charge in [-0.25, -0.2) is 0 Å². The van der Waals surface area contributed by atoms with Gasteiger partial charge in [-0.15, -0.1) is 0 Å². The molecular weight excluding hydrogens is 264 g/mol. The van der Waals surface area contributed by atoms with E-state index in [1.807, 2.05) is 0 Å². The first-order chi connectivity index (χ1) is 9.91. The van der Waals surface area contributed by atoms with Crippen LogP contribution in [0, 0.1) is 5.92 Å². The number of nitrogens with zero attached hydrogens (tertiary/aromatic N) is 2. The van der Waals surface area contributed by atoms with Crippen LogP contribution in [0.3, 0.4) is 0 Å². The maximum atomic E-state index is 12.0. The predicted octanol–water partition coefficient (Wildman–Crippen LogP) is 0.397. The lowest BCUT2D eigenvalue weighted by molar-refractivity contribution is -0.124. The highest BCUT2D eigenvalue weighted by Gasteiger charge is 2.49.